The summed E-state index contributed by atoms with van der Waals surface area (Å²) in [6, 6.07) is 5.46. The Morgan fingerprint density at radius 1 is 1.57 bits per heavy atom. The molecule has 0 fully saturated rings. The lowest BCUT2D eigenvalue weighted by Crippen LogP contribution is -2.26. The first-order chi connectivity index (χ1) is 6.63. The van der Waals surface area contributed by atoms with Crippen molar-refractivity contribution in [3.8, 4) is 5.75 Å². The van der Waals surface area contributed by atoms with Crippen molar-refractivity contribution in [2.75, 3.05) is 0 Å². The van der Waals surface area contributed by atoms with E-state index in [4.69, 9.17) is 16.3 Å². The van der Waals surface area contributed by atoms with Gasteiger partial charge in [0.05, 0.1) is 0 Å². The topological polar surface area (TPSA) is 85.7 Å². The summed E-state index contributed by atoms with van der Waals surface area (Å²) in [5.41, 5.74) is 8.53. The van der Waals surface area contributed by atoms with Gasteiger partial charge in [-0.3, -0.25) is 0 Å². The lowest BCUT2D eigenvalue weighted by Gasteiger charge is -2.05. The molecule has 5 nitrogen and oxygen atoms in total. The maximum Gasteiger partial charge on any atom is 0.310 e. The van der Waals surface area contributed by atoms with E-state index in [9.17, 15) is 0 Å². The number of nitrogens with two attached hydrogens (primary N) is 2. The smallest absolute Gasteiger partial charge is 0.310 e. The van der Waals surface area contributed by atoms with Gasteiger partial charge in [0.25, 0.3) is 0 Å². The molecule has 0 aromatic heterocycles. The van der Waals surface area contributed by atoms with Crippen molar-refractivity contribution >= 4 is 22.0 Å². The normalized spacial score (nSPS) is 11.2. The molecule has 0 aliphatic rings. The first-order valence-corrected chi connectivity index (χ1v) is 4.65. The molecule has 76 valence electrons. The second kappa shape index (κ2) is 4.83. The Hall–Kier alpha value is -1.27. The highest BCUT2D eigenvalue weighted by Gasteiger charge is 2.00. The van der Waals surface area contributed by atoms with E-state index in [-0.39, 0.29) is 6.02 Å². The SMILES string of the molecule is Cc1ccc(O/C(N)=N/NN)cc1Br. The largest absolute Gasteiger partial charge is 0.425 e. The van der Waals surface area contributed by atoms with Crippen molar-refractivity contribution in [2.24, 2.45) is 16.7 Å². The average Bonchev–Trinajstić information content (AvgIpc) is 2.12. The standard InChI is InChI=1S/C8H11BrN4O/c1-5-2-3-6(4-7(5)9)14-8(10)12-13-11/h2-4,13H,11H2,1H3,(H2,10,12). The molecule has 0 saturated carbocycles. The summed E-state index contributed by atoms with van der Waals surface area (Å²) in [4.78, 5) is 0. The Kier molecular flexibility index (Phi) is 3.73. The van der Waals surface area contributed by atoms with E-state index in [1.54, 1.807) is 12.1 Å². The first-order valence-electron chi connectivity index (χ1n) is 3.86. The molecule has 0 atom stereocenters. The summed E-state index contributed by atoms with van der Waals surface area (Å²) >= 11 is 3.37. The zero-order valence-corrected chi connectivity index (χ0v) is 9.21. The van der Waals surface area contributed by atoms with Gasteiger partial charge in [-0.05, 0) is 24.6 Å². The highest BCUT2D eigenvalue weighted by Crippen LogP contribution is 2.21. The Morgan fingerprint density at radius 2 is 2.29 bits per heavy atom. The quantitative estimate of drug-likeness (QED) is 0.318. The Morgan fingerprint density at radius 3 is 2.86 bits per heavy atom. The van der Waals surface area contributed by atoms with Gasteiger partial charge in [-0.2, -0.15) is 0 Å². The third kappa shape index (κ3) is 2.90. The predicted octanol–water partition coefficient (Wildman–Crippen LogP) is 0.829. The summed E-state index contributed by atoms with van der Waals surface area (Å²) in [7, 11) is 0. The van der Waals surface area contributed by atoms with E-state index < -0.39 is 0 Å². The van der Waals surface area contributed by atoms with Gasteiger partial charge in [0.2, 0.25) is 0 Å². The molecule has 1 rings (SSSR count). The summed E-state index contributed by atoms with van der Waals surface area (Å²) in [6.45, 7) is 1.98. The highest BCUT2D eigenvalue weighted by molar-refractivity contribution is 9.10. The van der Waals surface area contributed by atoms with Gasteiger partial charge in [-0.1, -0.05) is 22.0 Å². The number of hydrogen-bond donors (Lipinski definition) is 3. The lowest BCUT2D eigenvalue weighted by atomic mass is 10.2. The van der Waals surface area contributed by atoms with Gasteiger partial charge in [0, 0.05) is 4.47 Å². The average molecular weight is 259 g/mol. The molecule has 0 radical (unpaired) electrons. The number of hydrogen-bond acceptors (Lipinski definition) is 4. The van der Waals surface area contributed by atoms with Crippen LogP contribution in [0.5, 0.6) is 5.75 Å². The molecular formula is C8H11BrN4O. The lowest BCUT2D eigenvalue weighted by molar-refractivity contribution is 0.529. The predicted molar refractivity (Wildman–Crippen MR) is 58.5 cm³/mol. The van der Waals surface area contributed by atoms with Crippen molar-refractivity contribution < 1.29 is 4.74 Å². The number of rotatable bonds is 2. The third-order valence-electron chi connectivity index (χ3n) is 1.54. The highest BCUT2D eigenvalue weighted by atomic mass is 79.9. The molecule has 0 unspecified atom stereocenters. The van der Waals surface area contributed by atoms with Crippen LogP contribution >= 0.6 is 15.9 Å². The minimum absolute atomic E-state index is 0.0387. The van der Waals surface area contributed by atoms with Gasteiger partial charge in [-0.15, -0.1) is 5.10 Å². The number of benzene rings is 1. The van der Waals surface area contributed by atoms with Gasteiger partial charge in [-0.25, -0.2) is 11.4 Å². The maximum absolute atomic E-state index is 5.37. The number of nitrogens with zero attached hydrogens (tertiary/aromatic N) is 1. The van der Waals surface area contributed by atoms with Crippen LogP contribution in [0.2, 0.25) is 0 Å². The zero-order valence-electron chi connectivity index (χ0n) is 7.62. The Balaban J connectivity index is 2.78. The first kappa shape index (κ1) is 10.8. The molecule has 0 saturated heterocycles. The van der Waals surface area contributed by atoms with Crippen LogP contribution in [0.1, 0.15) is 5.56 Å². The fraction of sp³-hybridized carbons (Fsp3) is 0.125. The van der Waals surface area contributed by atoms with Crippen molar-refractivity contribution in [2.45, 2.75) is 6.92 Å². The maximum atomic E-state index is 5.37. The van der Waals surface area contributed by atoms with Gasteiger partial charge >= 0.3 is 6.02 Å². The van der Waals surface area contributed by atoms with Gasteiger partial charge in [0.1, 0.15) is 5.75 Å². The fourth-order valence-corrected chi connectivity index (χ4v) is 1.20. The van der Waals surface area contributed by atoms with E-state index in [1.807, 2.05) is 18.5 Å². The molecule has 0 bridgehead atoms. The minimum Gasteiger partial charge on any atom is -0.425 e. The molecular weight excluding hydrogens is 248 g/mol. The number of nitrogens with one attached hydrogen (secondary N) is 1. The van der Waals surface area contributed by atoms with Crippen LogP contribution in [-0.2, 0) is 0 Å². The van der Waals surface area contributed by atoms with E-state index >= 15 is 0 Å². The van der Waals surface area contributed by atoms with Crippen LogP contribution in [0.4, 0.5) is 0 Å². The molecule has 0 heterocycles. The van der Waals surface area contributed by atoms with Crippen molar-refractivity contribution in [1.82, 2.24) is 5.53 Å². The summed E-state index contributed by atoms with van der Waals surface area (Å²) in [5, 5.41) is 3.46. The van der Waals surface area contributed by atoms with Crippen LogP contribution < -0.4 is 21.8 Å². The molecule has 1 aromatic carbocycles. The molecule has 0 spiro atoms. The molecule has 1 aromatic rings. The molecule has 0 aliphatic carbocycles. The fourth-order valence-electron chi connectivity index (χ4n) is 0.844. The zero-order chi connectivity index (χ0) is 10.6. The van der Waals surface area contributed by atoms with Gasteiger partial charge < -0.3 is 10.5 Å². The van der Waals surface area contributed by atoms with Crippen molar-refractivity contribution in [3.63, 3.8) is 0 Å². The second-order valence-electron chi connectivity index (χ2n) is 2.59. The third-order valence-corrected chi connectivity index (χ3v) is 2.39. The van der Waals surface area contributed by atoms with E-state index in [2.05, 4.69) is 21.0 Å². The van der Waals surface area contributed by atoms with Gasteiger partial charge in [0.15, 0.2) is 0 Å². The van der Waals surface area contributed by atoms with E-state index in [0.29, 0.717) is 5.75 Å². The number of amidine groups is 1. The summed E-state index contributed by atoms with van der Waals surface area (Å²) in [5.74, 6) is 5.53. The Labute approximate surface area is 90.2 Å². The van der Waals surface area contributed by atoms with Crippen LogP contribution in [0.25, 0.3) is 0 Å². The molecule has 14 heavy (non-hydrogen) atoms. The number of halogens is 1. The van der Waals surface area contributed by atoms with Crippen LogP contribution in [0, 0.1) is 6.92 Å². The number of hydrazone groups is 1. The second-order valence-corrected chi connectivity index (χ2v) is 3.45. The minimum atomic E-state index is -0.0387. The van der Waals surface area contributed by atoms with Crippen LogP contribution in [0.15, 0.2) is 27.8 Å². The Bertz CT molecular complexity index is 353. The molecule has 5 N–H and O–H groups in total. The molecule has 0 amide bonds. The van der Waals surface area contributed by atoms with Crippen molar-refractivity contribution in [3.05, 3.63) is 28.2 Å². The summed E-state index contributed by atoms with van der Waals surface area (Å²) in [6.07, 6.45) is 0. The van der Waals surface area contributed by atoms with E-state index in [1.165, 1.54) is 0 Å². The number of ether oxygens (including phenoxy) is 1. The number of hydrazine groups is 1. The van der Waals surface area contributed by atoms with E-state index in [0.717, 1.165) is 10.0 Å². The van der Waals surface area contributed by atoms with Crippen LogP contribution in [-0.4, -0.2) is 6.02 Å². The summed E-state index contributed by atoms with van der Waals surface area (Å²) < 4.78 is 6.09. The molecule has 0 aliphatic heterocycles. The number of aryl methyl sites for hydroxylation is 1. The van der Waals surface area contributed by atoms with Crippen molar-refractivity contribution in [1.29, 1.82) is 0 Å². The van der Waals surface area contributed by atoms with Crippen LogP contribution in [0.3, 0.4) is 0 Å². The molecule has 6 heteroatoms. The monoisotopic (exact) mass is 258 g/mol.